The zero-order chi connectivity index (χ0) is 17.2. The minimum absolute atomic E-state index is 0.0313. The number of rotatable bonds is 3. The largest absolute Gasteiger partial charge is 0.396 e. The van der Waals surface area contributed by atoms with E-state index in [4.69, 9.17) is 5.10 Å². The van der Waals surface area contributed by atoms with Gasteiger partial charge in [-0.1, -0.05) is 24.6 Å². The first-order valence-corrected chi connectivity index (χ1v) is 9.34. The van der Waals surface area contributed by atoms with Gasteiger partial charge >= 0.3 is 0 Å². The number of carbonyl (C=O) groups excluding carboxylic acids is 1. The first-order chi connectivity index (χ1) is 12.3. The normalized spacial score (nSPS) is 20.4. The van der Waals surface area contributed by atoms with Gasteiger partial charge in [0.1, 0.15) is 0 Å². The summed E-state index contributed by atoms with van der Waals surface area (Å²) in [5.74, 6) is 0.238. The third-order valence-electron chi connectivity index (χ3n) is 5.46. The Labute approximate surface area is 148 Å². The maximum absolute atomic E-state index is 13.1. The van der Waals surface area contributed by atoms with Crippen LogP contribution in [0.4, 0.5) is 0 Å². The van der Waals surface area contributed by atoms with Crippen LogP contribution in [0.15, 0.2) is 30.3 Å². The Morgan fingerprint density at radius 3 is 2.72 bits per heavy atom. The van der Waals surface area contributed by atoms with E-state index < -0.39 is 0 Å². The second-order valence-electron chi connectivity index (χ2n) is 7.17. The Morgan fingerprint density at radius 2 is 1.96 bits per heavy atom. The second kappa shape index (κ2) is 7.00. The first kappa shape index (κ1) is 16.3. The molecule has 0 saturated carbocycles. The van der Waals surface area contributed by atoms with E-state index in [2.05, 4.69) is 0 Å². The summed E-state index contributed by atoms with van der Waals surface area (Å²) in [6.07, 6.45) is 6.25. The van der Waals surface area contributed by atoms with Gasteiger partial charge in [-0.3, -0.25) is 4.79 Å². The third kappa shape index (κ3) is 3.09. The summed E-state index contributed by atoms with van der Waals surface area (Å²) in [6, 6.07) is 10.1. The van der Waals surface area contributed by atoms with Gasteiger partial charge in [-0.2, -0.15) is 5.10 Å². The van der Waals surface area contributed by atoms with Crippen molar-refractivity contribution in [3.63, 3.8) is 0 Å². The summed E-state index contributed by atoms with van der Waals surface area (Å²) < 4.78 is 1.98. The number of aliphatic hydroxyl groups is 1. The molecule has 1 N–H and O–H groups in total. The lowest BCUT2D eigenvalue weighted by atomic mass is 10.1. The molecule has 1 saturated heterocycles. The molecular formula is C20H25N3O2. The second-order valence-corrected chi connectivity index (χ2v) is 7.17. The van der Waals surface area contributed by atoms with Crippen molar-refractivity contribution < 1.29 is 9.90 Å². The highest BCUT2D eigenvalue weighted by Crippen LogP contribution is 2.28. The van der Waals surface area contributed by atoms with Crippen molar-refractivity contribution in [1.82, 2.24) is 14.7 Å². The number of para-hydroxylation sites is 1. The number of aliphatic hydroxyl groups excluding tert-OH is 1. The predicted octanol–water partition coefficient (Wildman–Crippen LogP) is 2.60. The number of hydrogen-bond acceptors (Lipinski definition) is 3. The Morgan fingerprint density at radius 1 is 1.16 bits per heavy atom. The van der Waals surface area contributed by atoms with Gasteiger partial charge in [0, 0.05) is 36.9 Å². The number of fused-ring (bicyclic) bond motifs is 1. The van der Waals surface area contributed by atoms with Crippen LogP contribution >= 0.6 is 0 Å². The van der Waals surface area contributed by atoms with Gasteiger partial charge in [-0.05, 0) is 44.2 Å². The van der Waals surface area contributed by atoms with Crippen LogP contribution in [0.25, 0.3) is 5.69 Å². The lowest BCUT2D eigenvalue weighted by molar-refractivity contribution is 0.0774. The number of aromatic nitrogens is 2. The smallest absolute Gasteiger partial charge is 0.274 e. The molecule has 1 aliphatic heterocycles. The molecule has 0 radical (unpaired) electrons. The van der Waals surface area contributed by atoms with E-state index in [-0.39, 0.29) is 18.4 Å². The predicted molar refractivity (Wildman–Crippen MR) is 95.9 cm³/mol. The summed E-state index contributed by atoms with van der Waals surface area (Å²) in [5, 5.41) is 14.1. The lowest BCUT2D eigenvalue weighted by Gasteiger charge is -2.15. The first-order valence-electron chi connectivity index (χ1n) is 9.34. The average molecular weight is 339 g/mol. The van der Waals surface area contributed by atoms with Gasteiger partial charge in [0.15, 0.2) is 5.69 Å². The van der Waals surface area contributed by atoms with Crippen LogP contribution in [0.3, 0.4) is 0 Å². The fraction of sp³-hybridized carbons (Fsp3) is 0.500. The summed E-state index contributed by atoms with van der Waals surface area (Å²) >= 11 is 0. The Balaban J connectivity index is 1.73. The molecule has 132 valence electrons. The average Bonchev–Trinajstić information content (AvgIpc) is 3.20. The topological polar surface area (TPSA) is 58.4 Å². The van der Waals surface area contributed by atoms with Gasteiger partial charge in [-0.15, -0.1) is 0 Å². The van der Waals surface area contributed by atoms with Gasteiger partial charge in [0.05, 0.1) is 5.69 Å². The van der Waals surface area contributed by atoms with E-state index in [9.17, 15) is 9.90 Å². The summed E-state index contributed by atoms with van der Waals surface area (Å²) in [6.45, 7) is 1.51. The van der Waals surface area contributed by atoms with Crippen LogP contribution in [0.2, 0.25) is 0 Å². The Bertz CT molecular complexity index is 754. The van der Waals surface area contributed by atoms with Crippen molar-refractivity contribution in [2.24, 2.45) is 5.92 Å². The van der Waals surface area contributed by atoms with Crippen molar-refractivity contribution >= 4 is 5.91 Å². The van der Waals surface area contributed by atoms with Crippen LogP contribution in [-0.2, 0) is 12.8 Å². The molecule has 1 aromatic carbocycles. The van der Waals surface area contributed by atoms with E-state index in [0.717, 1.165) is 49.9 Å². The highest BCUT2D eigenvalue weighted by atomic mass is 16.3. The monoisotopic (exact) mass is 339 g/mol. The Hall–Kier alpha value is -2.14. The molecule has 1 unspecified atom stereocenters. The minimum Gasteiger partial charge on any atom is -0.396 e. The molecule has 1 aromatic heterocycles. The molecule has 1 fully saturated rings. The van der Waals surface area contributed by atoms with E-state index in [0.29, 0.717) is 12.2 Å². The highest BCUT2D eigenvalue weighted by Gasteiger charge is 2.31. The maximum Gasteiger partial charge on any atom is 0.274 e. The zero-order valence-electron chi connectivity index (χ0n) is 14.5. The molecule has 25 heavy (non-hydrogen) atoms. The quantitative estimate of drug-likeness (QED) is 0.875. The summed E-state index contributed by atoms with van der Waals surface area (Å²) in [7, 11) is 0. The summed E-state index contributed by atoms with van der Waals surface area (Å²) in [4.78, 5) is 15.0. The molecule has 1 amide bonds. The molecule has 4 rings (SSSR count). The number of benzene rings is 1. The van der Waals surface area contributed by atoms with Crippen molar-refractivity contribution in [3.05, 3.63) is 47.3 Å². The van der Waals surface area contributed by atoms with Crippen molar-refractivity contribution in [2.45, 2.75) is 38.5 Å². The highest BCUT2D eigenvalue weighted by molar-refractivity contribution is 5.94. The fourth-order valence-corrected chi connectivity index (χ4v) is 4.05. The number of likely N-dealkylation sites (tertiary alicyclic amines) is 1. The van der Waals surface area contributed by atoms with Gasteiger partial charge < -0.3 is 10.0 Å². The number of amides is 1. The molecule has 0 bridgehead atoms. The van der Waals surface area contributed by atoms with E-state index in [1.165, 1.54) is 12.1 Å². The van der Waals surface area contributed by atoms with Crippen molar-refractivity contribution in [2.75, 3.05) is 19.7 Å². The van der Waals surface area contributed by atoms with Gasteiger partial charge in [-0.25, -0.2) is 4.68 Å². The lowest BCUT2D eigenvalue weighted by Crippen LogP contribution is -2.30. The maximum atomic E-state index is 13.1. The van der Waals surface area contributed by atoms with Crippen molar-refractivity contribution in [3.8, 4) is 5.69 Å². The standard InChI is InChI=1S/C20H25N3O2/c24-14-15-11-12-22(13-15)20(25)19-17-9-5-2-6-10-18(17)23(21-19)16-7-3-1-4-8-16/h1,3-4,7-8,15,24H,2,5-6,9-14H2. The van der Waals surface area contributed by atoms with Gasteiger partial charge in [0.2, 0.25) is 0 Å². The molecular weight excluding hydrogens is 314 g/mol. The van der Waals surface area contributed by atoms with E-state index in [1.807, 2.05) is 39.9 Å². The SMILES string of the molecule is O=C(c1nn(-c2ccccc2)c2c1CCCCC2)N1CCC(CO)C1. The molecule has 2 heterocycles. The third-order valence-corrected chi connectivity index (χ3v) is 5.46. The number of hydrogen-bond donors (Lipinski definition) is 1. The van der Waals surface area contributed by atoms with E-state index in [1.54, 1.807) is 0 Å². The Kier molecular flexibility index (Phi) is 4.57. The minimum atomic E-state index is 0.0313. The molecule has 5 heteroatoms. The molecule has 1 atom stereocenters. The van der Waals surface area contributed by atoms with Crippen LogP contribution in [-0.4, -0.2) is 45.4 Å². The van der Waals surface area contributed by atoms with E-state index >= 15 is 0 Å². The molecule has 2 aromatic rings. The van der Waals surface area contributed by atoms with Crippen LogP contribution in [0.1, 0.15) is 47.4 Å². The number of nitrogens with zero attached hydrogens (tertiary/aromatic N) is 3. The molecule has 1 aliphatic carbocycles. The van der Waals surface area contributed by atoms with Crippen LogP contribution < -0.4 is 0 Å². The molecule has 0 spiro atoms. The molecule has 5 nitrogen and oxygen atoms in total. The van der Waals surface area contributed by atoms with Crippen LogP contribution in [0, 0.1) is 5.92 Å². The molecule has 2 aliphatic rings. The van der Waals surface area contributed by atoms with Crippen LogP contribution in [0.5, 0.6) is 0 Å². The number of carbonyl (C=O) groups is 1. The zero-order valence-corrected chi connectivity index (χ0v) is 14.5. The van der Waals surface area contributed by atoms with Crippen molar-refractivity contribution in [1.29, 1.82) is 0 Å². The fourth-order valence-electron chi connectivity index (χ4n) is 4.05. The summed E-state index contributed by atoms with van der Waals surface area (Å²) in [5.41, 5.74) is 3.98. The van der Waals surface area contributed by atoms with Gasteiger partial charge in [0.25, 0.3) is 5.91 Å².